The minimum Gasteiger partial charge on any atom is -0.478 e. The monoisotopic (exact) mass is 379 g/mol. The summed E-state index contributed by atoms with van der Waals surface area (Å²) in [6.45, 7) is 0. The predicted molar refractivity (Wildman–Crippen MR) is 72.4 cm³/mol. The topological polar surface area (TPSA) is 252 Å². The van der Waals surface area contributed by atoms with Crippen molar-refractivity contribution >= 4 is 11.9 Å². The molecule has 2 heterocycles. The van der Waals surface area contributed by atoms with Gasteiger partial charge in [0.05, 0.1) is 11.1 Å². The van der Waals surface area contributed by atoms with Crippen molar-refractivity contribution < 1.29 is 58.5 Å². The summed E-state index contributed by atoms with van der Waals surface area (Å²) in [5, 5.41) is 16.6. The van der Waals surface area contributed by atoms with Crippen LogP contribution in [0.25, 0.3) is 0 Å². The Morgan fingerprint density at radius 1 is 0.652 bits per heavy atom. The summed E-state index contributed by atoms with van der Waals surface area (Å²) in [6, 6.07) is 0. The summed E-state index contributed by atoms with van der Waals surface area (Å²) in [7, 11) is 0. The van der Waals surface area contributed by atoms with Crippen molar-refractivity contribution in [3.05, 3.63) is 48.6 Å². The van der Waals surface area contributed by atoms with Gasteiger partial charge in [0, 0.05) is 41.6 Å². The molecule has 1 radical (unpaired) electrons. The Balaban J connectivity index is -0.0000000771. The van der Waals surface area contributed by atoms with Crippen molar-refractivity contribution in [3.63, 3.8) is 0 Å². The second-order valence-electron chi connectivity index (χ2n) is 2.86. The van der Waals surface area contributed by atoms with Crippen LogP contribution in [-0.4, -0.2) is 64.0 Å². The molecule has 0 aliphatic heterocycles. The van der Waals surface area contributed by atoms with E-state index in [2.05, 4.69) is 19.9 Å². The van der Waals surface area contributed by atoms with Gasteiger partial charge in [-0.05, 0) is 0 Å². The maximum Gasteiger partial charge on any atom is 0.338 e. The van der Waals surface area contributed by atoms with Gasteiger partial charge in [-0.1, -0.05) is 0 Å². The largest absolute Gasteiger partial charge is 0.478 e. The number of nitrogens with zero attached hydrogens (tertiary/aromatic N) is 4. The quantitative estimate of drug-likeness (QED) is 0.543. The summed E-state index contributed by atoms with van der Waals surface area (Å²) in [5.41, 5.74) is 0.218. The molecule has 0 aliphatic carbocycles. The number of rotatable bonds is 2. The molecular formula is C10H16CoN4O8. The van der Waals surface area contributed by atoms with E-state index in [4.69, 9.17) is 10.2 Å². The van der Waals surface area contributed by atoms with Gasteiger partial charge in [-0.15, -0.1) is 0 Å². The third kappa shape index (κ3) is 12.9. The van der Waals surface area contributed by atoms with Crippen LogP contribution in [0, 0.1) is 0 Å². The average molecular weight is 379 g/mol. The first-order chi connectivity index (χ1) is 8.61. The van der Waals surface area contributed by atoms with Crippen molar-refractivity contribution in [1.29, 1.82) is 0 Å². The number of hydrogen-bond acceptors (Lipinski definition) is 6. The fourth-order valence-corrected chi connectivity index (χ4v) is 0.819. The fourth-order valence-electron chi connectivity index (χ4n) is 0.819. The molecule has 10 N–H and O–H groups in total. The molecular weight excluding hydrogens is 363 g/mol. The molecule has 13 heteroatoms. The molecule has 0 spiro atoms. The number of carboxylic acid groups (broad SMARTS) is 2. The summed E-state index contributed by atoms with van der Waals surface area (Å²) < 4.78 is 0. The summed E-state index contributed by atoms with van der Waals surface area (Å²) in [4.78, 5) is 34.3. The molecule has 0 fully saturated rings. The molecule has 0 amide bonds. The van der Waals surface area contributed by atoms with Crippen molar-refractivity contribution in [3.8, 4) is 0 Å². The normalized spacial score (nSPS) is 6.96. The Morgan fingerprint density at radius 2 is 0.870 bits per heavy atom. The van der Waals surface area contributed by atoms with E-state index in [1.807, 2.05) is 0 Å². The van der Waals surface area contributed by atoms with E-state index in [1.54, 1.807) is 0 Å². The first-order valence-corrected chi connectivity index (χ1v) is 4.58. The molecule has 0 aromatic carbocycles. The summed E-state index contributed by atoms with van der Waals surface area (Å²) >= 11 is 0. The van der Waals surface area contributed by atoms with Crippen LogP contribution in [0.1, 0.15) is 20.7 Å². The van der Waals surface area contributed by atoms with E-state index >= 15 is 0 Å². The maximum absolute atomic E-state index is 10.1. The van der Waals surface area contributed by atoms with E-state index in [9.17, 15) is 9.59 Å². The Morgan fingerprint density at radius 3 is 1.00 bits per heavy atom. The zero-order valence-corrected chi connectivity index (χ0v) is 12.3. The molecule has 2 aromatic heterocycles. The number of carboxylic acids is 2. The van der Waals surface area contributed by atoms with Crippen LogP contribution in [-0.2, 0) is 16.8 Å². The van der Waals surface area contributed by atoms with Crippen LogP contribution in [0.4, 0.5) is 0 Å². The van der Waals surface area contributed by atoms with E-state index in [1.165, 1.54) is 37.4 Å². The van der Waals surface area contributed by atoms with Crippen LogP contribution in [0.2, 0.25) is 0 Å². The van der Waals surface area contributed by atoms with Gasteiger partial charge in [-0.25, -0.2) is 29.5 Å². The van der Waals surface area contributed by atoms with Gasteiger partial charge in [-0.2, -0.15) is 0 Å². The molecule has 2 rings (SSSR count). The van der Waals surface area contributed by atoms with Crippen LogP contribution >= 0.6 is 0 Å². The van der Waals surface area contributed by atoms with E-state index in [0.717, 1.165) is 0 Å². The second kappa shape index (κ2) is 17.5. The smallest absolute Gasteiger partial charge is 0.338 e. The van der Waals surface area contributed by atoms with E-state index < -0.39 is 11.9 Å². The van der Waals surface area contributed by atoms with Crippen LogP contribution in [0.3, 0.4) is 0 Å². The molecule has 0 aliphatic rings. The second-order valence-corrected chi connectivity index (χ2v) is 2.86. The van der Waals surface area contributed by atoms with E-state index in [-0.39, 0.29) is 49.8 Å². The molecule has 0 unspecified atom stereocenters. The first-order valence-electron chi connectivity index (χ1n) is 4.58. The Labute approximate surface area is 139 Å². The zero-order chi connectivity index (χ0) is 13.4. The Hall–Kier alpha value is -2.55. The van der Waals surface area contributed by atoms with Crippen molar-refractivity contribution in [2.24, 2.45) is 0 Å². The van der Waals surface area contributed by atoms with E-state index in [0.29, 0.717) is 0 Å². The van der Waals surface area contributed by atoms with Crippen LogP contribution in [0.5, 0.6) is 0 Å². The minimum atomic E-state index is -1.00. The minimum absolute atomic E-state index is 0. The van der Waals surface area contributed by atoms with Gasteiger partial charge in [0.2, 0.25) is 0 Å². The number of carbonyl (C=O) groups is 2. The van der Waals surface area contributed by atoms with Crippen LogP contribution < -0.4 is 0 Å². The summed E-state index contributed by atoms with van der Waals surface area (Å²) in [6.07, 6.45) is 7.55. The molecule has 0 saturated carbocycles. The molecule has 0 atom stereocenters. The predicted octanol–water partition coefficient (Wildman–Crippen LogP) is -2.95. The Bertz CT molecular complexity index is 481. The SMILES string of the molecule is O.O.O.O.O=C(O)c1cncnc1.O=C(O)c1cncnc1.[Co]. The standard InChI is InChI=1S/2C5H4N2O2.Co.4H2O/c2*8-5(9)4-1-6-3-7-2-4;;;;;/h2*1-3H,(H,8,9);;4*1H2. The molecule has 12 nitrogen and oxygen atoms in total. The third-order valence-electron chi connectivity index (χ3n) is 1.62. The number of aromatic carboxylic acids is 2. The number of hydrogen-bond donors (Lipinski definition) is 2. The zero-order valence-electron chi connectivity index (χ0n) is 11.3. The van der Waals surface area contributed by atoms with Gasteiger partial charge in [0.1, 0.15) is 12.7 Å². The summed E-state index contributed by atoms with van der Waals surface area (Å²) in [5.74, 6) is -2.01. The van der Waals surface area contributed by atoms with Gasteiger partial charge >= 0.3 is 11.9 Å². The maximum atomic E-state index is 10.1. The van der Waals surface area contributed by atoms with Crippen molar-refractivity contribution in [2.45, 2.75) is 0 Å². The molecule has 23 heavy (non-hydrogen) atoms. The Kier molecular flexibility index (Phi) is 24.7. The van der Waals surface area contributed by atoms with Gasteiger partial charge in [0.15, 0.2) is 0 Å². The third-order valence-corrected chi connectivity index (χ3v) is 1.62. The molecule has 0 saturated heterocycles. The van der Waals surface area contributed by atoms with Gasteiger partial charge in [-0.3, -0.25) is 0 Å². The molecule has 0 bridgehead atoms. The fraction of sp³-hybridized carbons (Fsp3) is 0. The number of aromatic nitrogens is 4. The van der Waals surface area contributed by atoms with Gasteiger partial charge in [0.25, 0.3) is 0 Å². The van der Waals surface area contributed by atoms with Crippen LogP contribution in [0.15, 0.2) is 37.4 Å². The molecule has 133 valence electrons. The first kappa shape index (κ1) is 32.4. The molecule has 2 aromatic rings. The average Bonchev–Trinajstić information content (AvgIpc) is 2.41. The van der Waals surface area contributed by atoms with Crippen molar-refractivity contribution in [2.75, 3.05) is 0 Å². The van der Waals surface area contributed by atoms with Crippen molar-refractivity contribution in [1.82, 2.24) is 19.9 Å². The van der Waals surface area contributed by atoms with Gasteiger partial charge < -0.3 is 32.1 Å².